The molecule has 0 aliphatic heterocycles. The van der Waals surface area contributed by atoms with E-state index >= 15 is 0 Å². The molecule has 2 N–H and O–H groups in total. The lowest BCUT2D eigenvalue weighted by Gasteiger charge is -2.28. The first-order valence-corrected chi connectivity index (χ1v) is 11.0. The van der Waals surface area contributed by atoms with E-state index in [4.69, 9.17) is 4.74 Å². The van der Waals surface area contributed by atoms with Crippen molar-refractivity contribution in [1.82, 2.24) is 5.32 Å². The van der Waals surface area contributed by atoms with Gasteiger partial charge in [-0.05, 0) is 55.3 Å². The van der Waals surface area contributed by atoms with Crippen molar-refractivity contribution in [3.05, 3.63) is 54.1 Å². The van der Waals surface area contributed by atoms with Crippen LogP contribution < -0.4 is 14.4 Å². The fourth-order valence-electron chi connectivity index (χ4n) is 3.42. The van der Waals surface area contributed by atoms with Gasteiger partial charge < -0.3 is 15.2 Å². The van der Waals surface area contributed by atoms with Crippen molar-refractivity contribution in [2.45, 2.75) is 42.7 Å². The van der Waals surface area contributed by atoms with Crippen molar-refractivity contribution in [3.63, 3.8) is 0 Å². The molecule has 1 amide bonds. The van der Waals surface area contributed by atoms with Gasteiger partial charge in [-0.2, -0.15) is 0 Å². The molecule has 156 valence electrons. The van der Waals surface area contributed by atoms with Crippen molar-refractivity contribution < 1.29 is 23.1 Å². The van der Waals surface area contributed by atoms with Crippen LogP contribution in [0.25, 0.3) is 0 Å². The van der Waals surface area contributed by atoms with Crippen LogP contribution in [0.4, 0.5) is 5.69 Å². The van der Waals surface area contributed by atoms with E-state index in [-0.39, 0.29) is 22.4 Å². The highest BCUT2D eigenvalue weighted by atomic mass is 32.2. The van der Waals surface area contributed by atoms with Crippen molar-refractivity contribution in [3.8, 4) is 5.75 Å². The molecule has 7 nitrogen and oxygen atoms in total. The normalized spacial score (nSPS) is 19.4. The molecule has 2 aromatic rings. The van der Waals surface area contributed by atoms with E-state index < -0.39 is 16.1 Å². The Hall–Kier alpha value is -2.58. The molecule has 0 radical (unpaired) electrons. The van der Waals surface area contributed by atoms with E-state index in [0.717, 1.165) is 17.1 Å². The molecule has 2 atom stereocenters. The highest BCUT2D eigenvalue weighted by Gasteiger charge is 2.26. The van der Waals surface area contributed by atoms with Gasteiger partial charge in [-0.1, -0.05) is 18.9 Å². The summed E-state index contributed by atoms with van der Waals surface area (Å²) in [5.41, 5.74) is 0.720. The number of benzene rings is 2. The van der Waals surface area contributed by atoms with Gasteiger partial charge in [0.1, 0.15) is 5.75 Å². The number of carbonyl (C=O) groups is 1. The summed E-state index contributed by atoms with van der Waals surface area (Å²) in [5, 5.41) is 12.9. The second-order valence-corrected chi connectivity index (χ2v) is 9.10. The second kappa shape index (κ2) is 8.84. The summed E-state index contributed by atoms with van der Waals surface area (Å²) in [4.78, 5) is 12.6. The Labute approximate surface area is 171 Å². The number of hydrogen-bond donors (Lipinski definition) is 2. The predicted octanol–water partition coefficient (Wildman–Crippen LogP) is 2.55. The number of anilines is 1. The molecule has 0 aromatic heterocycles. The van der Waals surface area contributed by atoms with Crippen LogP contribution in [0.2, 0.25) is 0 Å². The summed E-state index contributed by atoms with van der Waals surface area (Å²) in [7, 11) is -0.848. The van der Waals surface area contributed by atoms with E-state index in [2.05, 4.69) is 5.32 Å². The third-order valence-corrected chi connectivity index (χ3v) is 7.02. The number of methoxy groups -OCH3 is 1. The number of amides is 1. The average Bonchev–Trinajstić information content (AvgIpc) is 2.75. The molecule has 0 saturated heterocycles. The number of aliphatic hydroxyl groups is 1. The minimum Gasteiger partial charge on any atom is -0.497 e. The Morgan fingerprint density at radius 3 is 2.48 bits per heavy atom. The molecule has 0 heterocycles. The van der Waals surface area contributed by atoms with Gasteiger partial charge in [-0.3, -0.25) is 9.10 Å². The number of aliphatic hydroxyl groups excluding tert-OH is 1. The van der Waals surface area contributed by atoms with Crippen LogP contribution in [-0.2, 0) is 10.0 Å². The Morgan fingerprint density at radius 2 is 1.83 bits per heavy atom. The zero-order valence-electron chi connectivity index (χ0n) is 16.5. The van der Waals surface area contributed by atoms with Gasteiger partial charge in [0.2, 0.25) is 0 Å². The van der Waals surface area contributed by atoms with Crippen molar-refractivity contribution >= 4 is 21.6 Å². The van der Waals surface area contributed by atoms with Crippen molar-refractivity contribution in [2.75, 3.05) is 18.5 Å². The third-order valence-electron chi connectivity index (χ3n) is 5.24. The highest BCUT2D eigenvalue weighted by molar-refractivity contribution is 7.92. The van der Waals surface area contributed by atoms with Crippen LogP contribution >= 0.6 is 0 Å². The zero-order chi connectivity index (χ0) is 21.0. The molecule has 3 rings (SSSR count). The topological polar surface area (TPSA) is 95.9 Å². The summed E-state index contributed by atoms with van der Waals surface area (Å²) in [6.45, 7) is 0. The maximum atomic E-state index is 13.0. The number of ether oxygens (including phenoxy) is 1. The number of nitrogens with one attached hydrogen (secondary N) is 1. The maximum Gasteiger partial charge on any atom is 0.264 e. The second-order valence-electron chi connectivity index (χ2n) is 7.13. The van der Waals surface area contributed by atoms with Crippen LogP contribution in [0.5, 0.6) is 5.75 Å². The lowest BCUT2D eigenvalue weighted by atomic mass is 9.92. The van der Waals surface area contributed by atoms with Gasteiger partial charge in [0.25, 0.3) is 15.9 Å². The summed E-state index contributed by atoms with van der Waals surface area (Å²) in [6, 6.07) is 12.3. The lowest BCUT2D eigenvalue weighted by Crippen LogP contribution is -2.45. The van der Waals surface area contributed by atoms with Crippen LogP contribution in [0.1, 0.15) is 36.0 Å². The molecular weight excluding hydrogens is 392 g/mol. The summed E-state index contributed by atoms with van der Waals surface area (Å²) >= 11 is 0. The molecule has 1 aliphatic carbocycles. The fourth-order valence-corrected chi connectivity index (χ4v) is 4.66. The van der Waals surface area contributed by atoms with E-state index in [9.17, 15) is 18.3 Å². The van der Waals surface area contributed by atoms with E-state index in [0.29, 0.717) is 24.3 Å². The van der Waals surface area contributed by atoms with Crippen LogP contribution in [0.3, 0.4) is 0 Å². The van der Waals surface area contributed by atoms with Gasteiger partial charge in [-0.15, -0.1) is 0 Å². The summed E-state index contributed by atoms with van der Waals surface area (Å²) in [6.07, 6.45) is 2.69. The standard InChI is InChI=1S/C21H26N2O5S/c1-23(16-10-12-17(28-2)13-11-16)29(26,27)18-7-5-6-15(14-18)21(25)22-19-8-3-4-9-20(19)24/h5-7,10-14,19-20,24H,3-4,8-9H2,1-2H3,(H,22,25). The number of nitrogens with zero attached hydrogens (tertiary/aromatic N) is 1. The lowest BCUT2D eigenvalue weighted by molar-refractivity contribution is 0.0717. The SMILES string of the molecule is COc1ccc(N(C)S(=O)(=O)c2cccc(C(=O)NC3CCCCC3O)c2)cc1. The Balaban J connectivity index is 1.80. The Morgan fingerprint density at radius 1 is 1.14 bits per heavy atom. The van der Waals surface area contributed by atoms with Gasteiger partial charge >= 0.3 is 0 Å². The molecule has 1 fully saturated rings. The van der Waals surface area contributed by atoms with Crippen LogP contribution in [0.15, 0.2) is 53.4 Å². The number of sulfonamides is 1. The van der Waals surface area contributed by atoms with E-state index in [1.54, 1.807) is 43.5 Å². The van der Waals surface area contributed by atoms with Gasteiger partial charge in [0, 0.05) is 12.6 Å². The van der Waals surface area contributed by atoms with Crippen molar-refractivity contribution in [1.29, 1.82) is 0 Å². The first kappa shape index (κ1) is 21.1. The average molecular weight is 419 g/mol. The quantitative estimate of drug-likeness (QED) is 0.752. The van der Waals surface area contributed by atoms with Gasteiger partial charge in [0.15, 0.2) is 0 Å². The minimum absolute atomic E-state index is 0.0210. The largest absolute Gasteiger partial charge is 0.497 e. The summed E-state index contributed by atoms with van der Waals surface area (Å²) in [5.74, 6) is 0.239. The summed E-state index contributed by atoms with van der Waals surface area (Å²) < 4.78 is 32.3. The molecule has 1 saturated carbocycles. The van der Waals surface area contributed by atoms with Crippen LogP contribution in [0, 0.1) is 0 Å². The van der Waals surface area contributed by atoms with E-state index in [1.807, 2.05) is 0 Å². The molecular formula is C21H26N2O5S. The zero-order valence-corrected chi connectivity index (χ0v) is 17.4. The number of hydrogen-bond acceptors (Lipinski definition) is 5. The molecule has 29 heavy (non-hydrogen) atoms. The molecule has 2 aromatic carbocycles. The molecule has 0 bridgehead atoms. The Bertz CT molecular complexity index is 959. The Kier molecular flexibility index (Phi) is 6.44. The van der Waals surface area contributed by atoms with Gasteiger partial charge in [0.05, 0.1) is 29.8 Å². The third kappa shape index (κ3) is 4.71. The molecule has 1 aliphatic rings. The first-order valence-electron chi connectivity index (χ1n) is 9.55. The fraction of sp³-hybridized carbons (Fsp3) is 0.381. The number of carbonyl (C=O) groups excluding carboxylic acids is 1. The monoisotopic (exact) mass is 418 g/mol. The van der Waals surface area contributed by atoms with Crippen molar-refractivity contribution in [2.24, 2.45) is 0 Å². The van der Waals surface area contributed by atoms with E-state index in [1.165, 1.54) is 19.2 Å². The first-order chi connectivity index (χ1) is 13.8. The predicted molar refractivity (Wildman–Crippen MR) is 111 cm³/mol. The maximum absolute atomic E-state index is 13.0. The van der Waals surface area contributed by atoms with Gasteiger partial charge in [-0.25, -0.2) is 8.42 Å². The molecule has 2 unspecified atom stereocenters. The highest BCUT2D eigenvalue weighted by Crippen LogP contribution is 2.25. The minimum atomic E-state index is -3.85. The van der Waals surface area contributed by atoms with Crippen LogP contribution in [-0.4, -0.2) is 45.7 Å². The molecule has 0 spiro atoms. The smallest absolute Gasteiger partial charge is 0.264 e. The number of rotatable bonds is 6. The molecule has 8 heteroatoms.